The maximum atomic E-state index is 12.9. The Balaban J connectivity index is 1.37. The van der Waals surface area contributed by atoms with Gasteiger partial charge in [-0.1, -0.05) is 19.3 Å². The zero-order valence-electron chi connectivity index (χ0n) is 18.6. The first-order valence-electron chi connectivity index (χ1n) is 12.1. The van der Waals surface area contributed by atoms with Gasteiger partial charge >= 0.3 is 0 Å². The van der Waals surface area contributed by atoms with E-state index in [0.717, 1.165) is 68.6 Å². The smallest absolute Gasteiger partial charge is 0.228 e. The number of piperidine rings is 1. The predicted molar refractivity (Wildman–Crippen MR) is 120 cm³/mol. The number of amides is 1. The van der Waals surface area contributed by atoms with Crippen molar-refractivity contribution in [3.05, 3.63) is 35.3 Å². The molecule has 0 spiro atoms. The first-order chi connectivity index (χ1) is 15.2. The average Bonchev–Trinajstić information content (AvgIpc) is 3.29. The lowest BCUT2D eigenvalue weighted by atomic mass is 9.88. The molecule has 31 heavy (non-hydrogen) atoms. The van der Waals surface area contributed by atoms with Gasteiger partial charge in [0.25, 0.3) is 0 Å². The highest BCUT2D eigenvalue weighted by atomic mass is 16.2. The molecule has 4 heterocycles. The summed E-state index contributed by atoms with van der Waals surface area (Å²) < 4.78 is 0. The van der Waals surface area contributed by atoms with E-state index in [1.807, 2.05) is 17.3 Å². The quantitative estimate of drug-likeness (QED) is 0.794. The minimum Gasteiger partial charge on any atom is -0.348 e. The summed E-state index contributed by atoms with van der Waals surface area (Å²) in [4.78, 5) is 35.0. The van der Waals surface area contributed by atoms with E-state index in [-0.39, 0.29) is 5.91 Å². The Bertz CT molecular complexity index is 905. The summed E-state index contributed by atoms with van der Waals surface area (Å²) in [5, 5.41) is 0. The second-order valence-electron chi connectivity index (χ2n) is 9.59. The molecule has 2 aliphatic heterocycles. The Hall–Kier alpha value is -2.28. The molecule has 2 aromatic rings. The van der Waals surface area contributed by atoms with Crippen LogP contribution in [0.1, 0.15) is 80.2 Å². The SMILES string of the molecule is Cc1nc([C@@H]2CCCN(Cc3ncc[nH]3)C2)nc2c1CCC(=O)N2CC1CCCCC1. The highest BCUT2D eigenvalue weighted by Gasteiger charge is 2.32. The van der Waals surface area contributed by atoms with Crippen LogP contribution in [0.5, 0.6) is 0 Å². The van der Waals surface area contributed by atoms with Crippen LogP contribution in [-0.2, 0) is 17.8 Å². The Kier molecular flexibility index (Phi) is 6.03. The van der Waals surface area contributed by atoms with Gasteiger partial charge in [-0.05, 0) is 51.5 Å². The van der Waals surface area contributed by atoms with E-state index in [4.69, 9.17) is 9.97 Å². The van der Waals surface area contributed by atoms with Gasteiger partial charge in [-0.25, -0.2) is 15.0 Å². The van der Waals surface area contributed by atoms with Crippen LogP contribution in [-0.4, -0.2) is 50.4 Å². The molecule has 1 atom stereocenters. The Morgan fingerprint density at radius 3 is 2.77 bits per heavy atom. The number of nitrogens with one attached hydrogen (secondary N) is 1. The van der Waals surface area contributed by atoms with E-state index in [9.17, 15) is 4.79 Å². The molecule has 1 saturated carbocycles. The Labute approximate surface area is 184 Å². The topological polar surface area (TPSA) is 78.0 Å². The maximum Gasteiger partial charge on any atom is 0.228 e. The standard InChI is InChI=1S/C24H34N6O/c1-17-20-9-10-22(31)30(14-18-6-3-2-4-7-18)24(20)28-23(27-17)19-8-5-13-29(15-19)16-21-25-11-12-26-21/h11-12,18-19H,2-10,13-16H2,1H3,(H,25,26)/t19-/m1/s1. The van der Waals surface area contributed by atoms with Crippen molar-refractivity contribution in [3.63, 3.8) is 0 Å². The predicted octanol–water partition coefficient (Wildman–Crippen LogP) is 3.75. The number of carbonyl (C=O) groups excluding carboxylic acids is 1. The van der Waals surface area contributed by atoms with E-state index in [0.29, 0.717) is 18.3 Å². The van der Waals surface area contributed by atoms with Crippen LogP contribution in [0.2, 0.25) is 0 Å². The van der Waals surface area contributed by atoms with Gasteiger partial charge in [-0.15, -0.1) is 0 Å². The zero-order chi connectivity index (χ0) is 21.2. The summed E-state index contributed by atoms with van der Waals surface area (Å²) in [7, 11) is 0. The number of likely N-dealkylation sites (tertiary alicyclic amines) is 1. The second kappa shape index (κ2) is 9.07. The molecule has 3 aliphatic rings. The molecule has 0 aromatic carbocycles. The number of hydrogen-bond donors (Lipinski definition) is 1. The number of fused-ring (bicyclic) bond motifs is 1. The molecule has 1 saturated heterocycles. The van der Waals surface area contributed by atoms with Gasteiger partial charge in [0.2, 0.25) is 5.91 Å². The van der Waals surface area contributed by atoms with E-state index >= 15 is 0 Å². The fourth-order valence-electron chi connectivity index (χ4n) is 5.61. The first kappa shape index (κ1) is 20.6. The summed E-state index contributed by atoms with van der Waals surface area (Å²) in [6.45, 7) is 5.78. The summed E-state index contributed by atoms with van der Waals surface area (Å²) in [5.41, 5.74) is 2.24. The monoisotopic (exact) mass is 422 g/mol. The van der Waals surface area contributed by atoms with Crippen molar-refractivity contribution < 1.29 is 4.79 Å². The number of aryl methyl sites for hydroxylation is 1. The lowest BCUT2D eigenvalue weighted by Crippen LogP contribution is -2.41. The van der Waals surface area contributed by atoms with Crippen LogP contribution in [0, 0.1) is 12.8 Å². The summed E-state index contributed by atoms with van der Waals surface area (Å²) >= 11 is 0. The lowest BCUT2D eigenvalue weighted by Gasteiger charge is -2.35. The number of nitrogens with zero attached hydrogens (tertiary/aromatic N) is 5. The number of carbonyl (C=O) groups is 1. The number of imidazole rings is 1. The van der Waals surface area contributed by atoms with Gasteiger partial charge in [0.15, 0.2) is 0 Å². The van der Waals surface area contributed by atoms with Crippen LogP contribution < -0.4 is 4.90 Å². The summed E-state index contributed by atoms with van der Waals surface area (Å²) in [5.74, 6) is 4.00. The van der Waals surface area contributed by atoms with Crippen LogP contribution in [0.4, 0.5) is 5.82 Å². The normalized spacial score (nSPS) is 23.2. The van der Waals surface area contributed by atoms with Crippen molar-refractivity contribution in [2.75, 3.05) is 24.5 Å². The fourth-order valence-corrected chi connectivity index (χ4v) is 5.61. The van der Waals surface area contributed by atoms with Gasteiger partial charge in [-0.3, -0.25) is 14.6 Å². The second-order valence-corrected chi connectivity index (χ2v) is 9.59. The number of rotatable bonds is 5. The average molecular weight is 423 g/mol. The number of H-pyrrole nitrogens is 1. The molecule has 1 N–H and O–H groups in total. The minimum atomic E-state index is 0.241. The third-order valence-electron chi connectivity index (χ3n) is 7.32. The minimum absolute atomic E-state index is 0.241. The van der Waals surface area contributed by atoms with Crippen molar-refractivity contribution >= 4 is 11.7 Å². The third-order valence-corrected chi connectivity index (χ3v) is 7.32. The van der Waals surface area contributed by atoms with E-state index < -0.39 is 0 Å². The van der Waals surface area contributed by atoms with E-state index in [2.05, 4.69) is 21.8 Å². The fraction of sp³-hybridized carbons (Fsp3) is 0.667. The zero-order valence-corrected chi connectivity index (χ0v) is 18.6. The molecule has 0 radical (unpaired) electrons. The van der Waals surface area contributed by atoms with Crippen molar-refractivity contribution in [2.45, 2.75) is 77.2 Å². The van der Waals surface area contributed by atoms with Crippen molar-refractivity contribution in [1.29, 1.82) is 0 Å². The maximum absolute atomic E-state index is 12.9. The van der Waals surface area contributed by atoms with Gasteiger partial charge in [-0.2, -0.15) is 0 Å². The van der Waals surface area contributed by atoms with E-state index in [1.54, 1.807) is 0 Å². The van der Waals surface area contributed by atoms with E-state index in [1.165, 1.54) is 37.7 Å². The highest BCUT2D eigenvalue weighted by Crippen LogP contribution is 2.34. The Morgan fingerprint density at radius 2 is 1.97 bits per heavy atom. The molecule has 1 aliphatic carbocycles. The molecule has 1 amide bonds. The first-order valence-corrected chi connectivity index (χ1v) is 12.1. The molecule has 2 aromatic heterocycles. The summed E-state index contributed by atoms with van der Waals surface area (Å²) in [6.07, 6.45) is 13.7. The number of anilines is 1. The molecule has 7 heteroatoms. The van der Waals surface area contributed by atoms with Crippen molar-refractivity contribution in [1.82, 2.24) is 24.8 Å². The van der Waals surface area contributed by atoms with Crippen LogP contribution in [0.25, 0.3) is 0 Å². The number of aromatic nitrogens is 4. The molecule has 0 unspecified atom stereocenters. The lowest BCUT2D eigenvalue weighted by molar-refractivity contribution is -0.119. The third kappa shape index (κ3) is 4.52. The number of hydrogen-bond acceptors (Lipinski definition) is 5. The molecular weight excluding hydrogens is 388 g/mol. The van der Waals surface area contributed by atoms with Gasteiger partial charge in [0, 0.05) is 49.1 Å². The molecule has 0 bridgehead atoms. The van der Waals surface area contributed by atoms with Crippen molar-refractivity contribution in [3.8, 4) is 0 Å². The molecule has 2 fully saturated rings. The van der Waals surface area contributed by atoms with Gasteiger partial charge in [0.05, 0.1) is 6.54 Å². The van der Waals surface area contributed by atoms with Crippen LogP contribution in [0.3, 0.4) is 0 Å². The van der Waals surface area contributed by atoms with Gasteiger partial charge < -0.3 is 4.98 Å². The molecule has 7 nitrogen and oxygen atoms in total. The van der Waals surface area contributed by atoms with Crippen LogP contribution in [0.15, 0.2) is 12.4 Å². The van der Waals surface area contributed by atoms with Gasteiger partial charge in [0.1, 0.15) is 17.5 Å². The highest BCUT2D eigenvalue weighted by molar-refractivity contribution is 5.95. The molecule has 5 rings (SSSR count). The number of aromatic amines is 1. The summed E-state index contributed by atoms with van der Waals surface area (Å²) in [6, 6.07) is 0. The Morgan fingerprint density at radius 1 is 1.10 bits per heavy atom. The molecule has 166 valence electrons. The largest absolute Gasteiger partial charge is 0.348 e. The van der Waals surface area contributed by atoms with Crippen LogP contribution >= 0.6 is 0 Å². The van der Waals surface area contributed by atoms with Crippen molar-refractivity contribution in [2.24, 2.45) is 5.92 Å². The molecular formula is C24H34N6O.